The van der Waals surface area contributed by atoms with Crippen LogP contribution in [0.1, 0.15) is 32.2 Å². The lowest BCUT2D eigenvalue weighted by atomic mass is 9.93. The van der Waals surface area contributed by atoms with E-state index in [1.165, 1.54) is 19.3 Å². The molecule has 1 heterocycles. The highest BCUT2D eigenvalue weighted by Crippen LogP contribution is 2.38. The molecule has 0 radical (unpaired) electrons. The molecule has 1 aromatic heterocycles. The number of para-hydroxylation sites is 1. The third-order valence-electron chi connectivity index (χ3n) is 3.45. The Kier molecular flexibility index (Phi) is 2.42. The fourth-order valence-electron chi connectivity index (χ4n) is 2.41. The first-order valence-corrected chi connectivity index (χ1v) is 6.20. The summed E-state index contributed by atoms with van der Waals surface area (Å²) in [6, 6.07) is 6.55. The fourth-order valence-corrected chi connectivity index (χ4v) is 2.41. The zero-order valence-electron chi connectivity index (χ0n) is 10.0. The van der Waals surface area contributed by atoms with E-state index >= 15 is 0 Å². The van der Waals surface area contributed by atoms with E-state index in [0.717, 1.165) is 16.8 Å². The third-order valence-corrected chi connectivity index (χ3v) is 3.45. The van der Waals surface area contributed by atoms with Crippen LogP contribution in [0.4, 0.5) is 5.95 Å². The van der Waals surface area contributed by atoms with Crippen LogP contribution in [0, 0.1) is 0 Å². The van der Waals surface area contributed by atoms with Gasteiger partial charge < -0.3 is 15.0 Å². The van der Waals surface area contributed by atoms with Gasteiger partial charge in [-0.1, -0.05) is 6.07 Å². The SMILES string of the molecule is CCOc1cccc2c1nc(N)n2C1CCC1. The first kappa shape index (κ1) is 10.4. The van der Waals surface area contributed by atoms with Crippen molar-refractivity contribution in [3.63, 3.8) is 0 Å². The van der Waals surface area contributed by atoms with Crippen molar-refractivity contribution in [1.82, 2.24) is 9.55 Å². The molecular weight excluding hydrogens is 214 g/mol. The molecule has 0 atom stereocenters. The minimum Gasteiger partial charge on any atom is -0.492 e. The zero-order chi connectivity index (χ0) is 11.8. The Morgan fingerprint density at radius 1 is 1.47 bits per heavy atom. The van der Waals surface area contributed by atoms with Crippen LogP contribution in [-0.2, 0) is 0 Å². The number of benzene rings is 1. The van der Waals surface area contributed by atoms with Gasteiger partial charge >= 0.3 is 0 Å². The number of imidazole rings is 1. The summed E-state index contributed by atoms with van der Waals surface area (Å²) in [6.07, 6.45) is 3.69. The molecule has 2 aromatic rings. The summed E-state index contributed by atoms with van der Waals surface area (Å²) in [6.45, 7) is 2.63. The zero-order valence-corrected chi connectivity index (χ0v) is 10.0. The van der Waals surface area contributed by atoms with E-state index in [1.54, 1.807) is 0 Å². The molecule has 90 valence electrons. The van der Waals surface area contributed by atoms with Gasteiger partial charge in [-0.15, -0.1) is 0 Å². The highest BCUT2D eigenvalue weighted by Gasteiger charge is 2.24. The molecule has 1 aliphatic carbocycles. The van der Waals surface area contributed by atoms with E-state index in [-0.39, 0.29) is 0 Å². The van der Waals surface area contributed by atoms with Gasteiger partial charge in [0, 0.05) is 6.04 Å². The number of hydrogen-bond acceptors (Lipinski definition) is 3. The number of hydrogen-bond donors (Lipinski definition) is 1. The van der Waals surface area contributed by atoms with E-state index in [4.69, 9.17) is 10.5 Å². The second kappa shape index (κ2) is 3.95. The van der Waals surface area contributed by atoms with Gasteiger partial charge in [0.15, 0.2) is 0 Å². The first-order chi connectivity index (χ1) is 8.31. The highest BCUT2D eigenvalue weighted by molar-refractivity contribution is 5.84. The molecule has 1 aliphatic rings. The summed E-state index contributed by atoms with van der Waals surface area (Å²) >= 11 is 0. The minimum absolute atomic E-state index is 0.525. The molecule has 0 amide bonds. The Morgan fingerprint density at radius 2 is 2.29 bits per heavy atom. The molecule has 4 nitrogen and oxygen atoms in total. The standard InChI is InChI=1S/C13H17N3O/c1-2-17-11-8-4-7-10-12(11)15-13(14)16(10)9-5-3-6-9/h4,7-9H,2-3,5-6H2,1H3,(H2,14,15). The second-order valence-corrected chi connectivity index (χ2v) is 4.48. The van der Waals surface area contributed by atoms with Crippen LogP contribution < -0.4 is 10.5 Å². The Hall–Kier alpha value is -1.71. The van der Waals surface area contributed by atoms with Crippen LogP contribution in [0.3, 0.4) is 0 Å². The summed E-state index contributed by atoms with van der Waals surface area (Å²) in [5.41, 5.74) is 8.01. The number of nitrogens with zero attached hydrogens (tertiary/aromatic N) is 2. The average molecular weight is 231 g/mol. The summed E-state index contributed by atoms with van der Waals surface area (Å²) in [5.74, 6) is 1.44. The molecule has 17 heavy (non-hydrogen) atoms. The van der Waals surface area contributed by atoms with Crippen LogP contribution >= 0.6 is 0 Å². The summed E-state index contributed by atoms with van der Waals surface area (Å²) in [5, 5.41) is 0. The molecule has 1 aromatic carbocycles. The average Bonchev–Trinajstić information content (AvgIpc) is 2.56. The van der Waals surface area contributed by atoms with E-state index in [9.17, 15) is 0 Å². The van der Waals surface area contributed by atoms with Crippen molar-refractivity contribution in [1.29, 1.82) is 0 Å². The largest absolute Gasteiger partial charge is 0.492 e. The Balaban J connectivity index is 2.16. The maximum absolute atomic E-state index is 6.03. The van der Waals surface area contributed by atoms with Gasteiger partial charge in [-0.3, -0.25) is 0 Å². The van der Waals surface area contributed by atoms with Gasteiger partial charge in [0.2, 0.25) is 5.95 Å². The molecule has 0 spiro atoms. The smallest absolute Gasteiger partial charge is 0.201 e. The maximum Gasteiger partial charge on any atom is 0.201 e. The number of rotatable bonds is 3. The quantitative estimate of drug-likeness (QED) is 0.883. The van der Waals surface area contributed by atoms with Gasteiger partial charge in [0.1, 0.15) is 11.3 Å². The number of ether oxygens (including phenoxy) is 1. The predicted octanol–water partition coefficient (Wildman–Crippen LogP) is 2.74. The topological polar surface area (TPSA) is 53.1 Å². The normalized spacial score (nSPS) is 16.1. The number of nitrogen functional groups attached to an aromatic ring is 1. The lowest BCUT2D eigenvalue weighted by Gasteiger charge is -2.28. The maximum atomic E-state index is 6.03. The number of nitrogens with two attached hydrogens (primary N) is 1. The minimum atomic E-state index is 0.525. The van der Waals surface area contributed by atoms with Crippen LogP contribution in [0.2, 0.25) is 0 Å². The lowest BCUT2D eigenvalue weighted by molar-refractivity contribution is 0.324. The van der Waals surface area contributed by atoms with Crippen molar-refractivity contribution in [2.24, 2.45) is 0 Å². The summed E-state index contributed by atoms with van der Waals surface area (Å²) < 4.78 is 7.74. The van der Waals surface area contributed by atoms with Gasteiger partial charge in [0.25, 0.3) is 0 Å². The molecule has 0 aliphatic heterocycles. The third kappa shape index (κ3) is 1.55. The molecule has 0 saturated heterocycles. The van der Waals surface area contributed by atoms with E-state index in [1.807, 2.05) is 19.1 Å². The van der Waals surface area contributed by atoms with E-state index in [2.05, 4.69) is 15.6 Å². The second-order valence-electron chi connectivity index (χ2n) is 4.48. The molecule has 0 unspecified atom stereocenters. The highest BCUT2D eigenvalue weighted by atomic mass is 16.5. The van der Waals surface area contributed by atoms with Gasteiger partial charge in [-0.2, -0.15) is 0 Å². The number of anilines is 1. The van der Waals surface area contributed by atoms with Crippen LogP contribution in [0.5, 0.6) is 5.75 Å². The molecule has 3 rings (SSSR count). The van der Waals surface area contributed by atoms with Crippen molar-refractivity contribution in [2.75, 3.05) is 12.3 Å². The number of aromatic nitrogens is 2. The molecule has 4 heteroatoms. The number of fused-ring (bicyclic) bond motifs is 1. The van der Waals surface area contributed by atoms with Crippen LogP contribution in [0.25, 0.3) is 11.0 Å². The Labute approximate surface area is 100 Å². The van der Waals surface area contributed by atoms with Crippen molar-refractivity contribution in [2.45, 2.75) is 32.2 Å². The molecule has 1 fully saturated rings. The van der Waals surface area contributed by atoms with Crippen molar-refractivity contribution < 1.29 is 4.74 Å². The van der Waals surface area contributed by atoms with Gasteiger partial charge in [-0.05, 0) is 38.3 Å². The molecule has 2 N–H and O–H groups in total. The predicted molar refractivity (Wildman–Crippen MR) is 68.2 cm³/mol. The summed E-state index contributed by atoms with van der Waals surface area (Å²) in [7, 11) is 0. The Morgan fingerprint density at radius 3 is 2.94 bits per heavy atom. The molecular formula is C13H17N3O. The van der Waals surface area contributed by atoms with Gasteiger partial charge in [0.05, 0.1) is 12.1 Å². The monoisotopic (exact) mass is 231 g/mol. The van der Waals surface area contributed by atoms with E-state index < -0.39 is 0 Å². The van der Waals surface area contributed by atoms with Gasteiger partial charge in [-0.25, -0.2) is 4.98 Å². The Bertz CT molecular complexity index is 543. The molecule has 0 bridgehead atoms. The van der Waals surface area contributed by atoms with Crippen LogP contribution in [0.15, 0.2) is 18.2 Å². The first-order valence-electron chi connectivity index (χ1n) is 6.20. The summed E-state index contributed by atoms with van der Waals surface area (Å²) in [4.78, 5) is 4.45. The fraction of sp³-hybridized carbons (Fsp3) is 0.462. The van der Waals surface area contributed by atoms with E-state index in [0.29, 0.717) is 18.6 Å². The van der Waals surface area contributed by atoms with Crippen LogP contribution in [-0.4, -0.2) is 16.2 Å². The lowest BCUT2D eigenvalue weighted by Crippen LogP contribution is -2.18. The van der Waals surface area contributed by atoms with Crippen molar-refractivity contribution in [3.8, 4) is 5.75 Å². The van der Waals surface area contributed by atoms with Crippen molar-refractivity contribution in [3.05, 3.63) is 18.2 Å². The molecule has 1 saturated carbocycles. The van der Waals surface area contributed by atoms with Crippen molar-refractivity contribution >= 4 is 17.0 Å².